The lowest BCUT2D eigenvalue weighted by Gasteiger charge is -2.31. The molecule has 2 N–H and O–H groups in total. The molecule has 24 heavy (non-hydrogen) atoms. The van der Waals surface area contributed by atoms with Crippen LogP contribution in [0.4, 0.5) is 5.82 Å². The molecule has 2 atom stereocenters. The number of carbonyl (C=O) groups is 2. The van der Waals surface area contributed by atoms with Crippen molar-refractivity contribution in [2.45, 2.75) is 31.7 Å². The Hall–Kier alpha value is -2.40. The van der Waals surface area contributed by atoms with Crippen LogP contribution in [-0.2, 0) is 9.59 Å². The Morgan fingerprint density at radius 2 is 2.12 bits per heavy atom. The molecule has 2 unspecified atom stereocenters. The first kappa shape index (κ1) is 16.5. The summed E-state index contributed by atoms with van der Waals surface area (Å²) in [6.45, 7) is 1.44. The zero-order valence-electron chi connectivity index (χ0n) is 13.3. The minimum atomic E-state index is -0.171. The van der Waals surface area contributed by atoms with E-state index in [4.69, 9.17) is 11.6 Å². The number of rotatable bonds is 3. The fourth-order valence-electron chi connectivity index (χ4n) is 3.07. The van der Waals surface area contributed by atoms with Crippen LogP contribution in [0.5, 0.6) is 0 Å². The van der Waals surface area contributed by atoms with E-state index in [1.165, 1.54) is 6.92 Å². The molecule has 6 heteroatoms. The van der Waals surface area contributed by atoms with Gasteiger partial charge in [-0.25, -0.2) is 4.98 Å². The van der Waals surface area contributed by atoms with Gasteiger partial charge < -0.3 is 10.6 Å². The Balaban J connectivity index is 1.85. The summed E-state index contributed by atoms with van der Waals surface area (Å²) < 4.78 is 0. The minimum Gasteiger partial charge on any atom is -0.349 e. The molecule has 0 bridgehead atoms. The van der Waals surface area contributed by atoms with Crippen molar-refractivity contribution in [2.24, 2.45) is 0 Å². The normalized spacial score (nSPS) is 20.3. The number of anilines is 1. The lowest BCUT2D eigenvalue weighted by atomic mass is 9.84. The van der Waals surface area contributed by atoms with Crippen molar-refractivity contribution >= 4 is 29.2 Å². The molecule has 0 aliphatic carbocycles. The number of pyridine rings is 1. The highest BCUT2D eigenvalue weighted by atomic mass is 35.5. The molecule has 0 saturated carbocycles. The molecule has 1 fully saturated rings. The molecule has 1 aliphatic rings. The molecule has 2 aromatic rings. The molecular weight excluding hydrogens is 326 g/mol. The Morgan fingerprint density at radius 3 is 2.88 bits per heavy atom. The second-order valence-electron chi connectivity index (χ2n) is 5.93. The van der Waals surface area contributed by atoms with E-state index in [1.54, 1.807) is 6.20 Å². The van der Waals surface area contributed by atoms with E-state index >= 15 is 0 Å². The van der Waals surface area contributed by atoms with Crippen LogP contribution in [0.3, 0.4) is 0 Å². The van der Waals surface area contributed by atoms with Crippen LogP contribution < -0.4 is 10.6 Å². The number of nitrogens with one attached hydrogen (secondary N) is 2. The van der Waals surface area contributed by atoms with Gasteiger partial charge in [-0.05, 0) is 41.7 Å². The molecule has 2 amide bonds. The minimum absolute atomic E-state index is 0.00550. The summed E-state index contributed by atoms with van der Waals surface area (Å²) in [4.78, 5) is 27.5. The van der Waals surface area contributed by atoms with E-state index in [0.717, 1.165) is 17.5 Å². The molecule has 5 nitrogen and oxygen atoms in total. The average Bonchev–Trinajstić information content (AvgIpc) is 2.54. The second kappa shape index (κ2) is 7.01. The summed E-state index contributed by atoms with van der Waals surface area (Å²) >= 11 is 6.27. The number of benzene rings is 1. The van der Waals surface area contributed by atoms with Gasteiger partial charge in [0, 0.05) is 24.6 Å². The molecule has 3 rings (SSSR count). The van der Waals surface area contributed by atoms with Crippen molar-refractivity contribution in [1.29, 1.82) is 0 Å². The van der Waals surface area contributed by atoms with Crippen LogP contribution in [0.15, 0.2) is 42.6 Å². The van der Waals surface area contributed by atoms with Crippen molar-refractivity contribution in [3.63, 3.8) is 0 Å². The fraction of sp³-hybridized carbons (Fsp3) is 0.278. The smallest absolute Gasteiger partial charge is 0.222 e. The first-order chi connectivity index (χ1) is 11.5. The predicted molar refractivity (Wildman–Crippen MR) is 92.9 cm³/mol. The fourth-order valence-corrected chi connectivity index (χ4v) is 3.34. The third kappa shape index (κ3) is 3.74. The standard InChI is InChI=1S/C18H18ClN3O2/c1-11(23)21-17-9-12(6-7-20-17)13-8-16(22-18(24)10-13)14-4-2-3-5-15(14)19/h2-7,9,13,16H,8,10H2,1H3,(H,22,24)(H,20,21,23). The van der Waals surface area contributed by atoms with Gasteiger partial charge in [0.2, 0.25) is 11.8 Å². The Morgan fingerprint density at radius 1 is 1.33 bits per heavy atom. The average molecular weight is 344 g/mol. The maximum Gasteiger partial charge on any atom is 0.222 e. The Kier molecular flexibility index (Phi) is 4.81. The summed E-state index contributed by atoms with van der Waals surface area (Å²) in [6, 6.07) is 11.1. The topological polar surface area (TPSA) is 71.1 Å². The summed E-state index contributed by atoms with van der Waals surface area (Å²) in [5.74, 6) is 0.375. The van der Waals surface area contributed by atoms with Crippen LogP contribution in [0.2, 0.25) is 5.02 Å². The highest BCUT2D eigenvalue weighted by Gasteiger charge is 2.29. The molecule has 1 aromatic carbocycles. The zero-order chi connectivity index (χ0) is 17.1. The van der Waals surface area contributed by atoms with Gasteiger partial charge in [0.1, 0.15) is 5.82 Å². The van der Waals surface area contributed by atoms with Gasteiger partial charge in [0.25, 0.3) is 0 Å². The van der Waals surface area contributed by atoms with Crippen LogP contribution in [0.25, 0.3) is 0 Å². The van der Waals surface area contributed by atoms with Crippen molar-refractivity contribution in [1.82, 2.24) is 10.3 Å². The number of halogens is 1. The number of amides is 2. The first-order valence-corrected chi connectivity index (χ1v) is 8.18. The van der Waals surface area contributed by atoms with E-state index in [1.807, 2.05) is 36.4 Å². The van der Waals surface area contributed by atoms with Crippen molar-refractivity contribution in [2.75, 3.05) is 5.32 Å². The maximum atomic E-state index is 12.2. The molecule has 0 spiro atoms. The summed E-state index contributed by atoms with van der Waals surface area (Å²) in [6.07, 6.45) is 2.81. The number of carbonyl (C=O) groups excluding carboxylic acids is 2. The Bertz CT molecular complexity index is 778. The lowest BCUT2D eigenvalue weighted by Crippen LogP contribution is -2.36. The van der Waals surface area contributed by atoms with Crippen molar-refractivity contribution in [3.8, 4) is 0 Å². The molecule has 124 valence electrons. The largest absolute Gasteiger partial charge is 0.349 e. The number of aromatic nitrogens is 1. The SMILES string of the molecule is CC(=O)Nc1cc(C2CC(=O)NC(c3ccccc3Cl)C2)ccn1. The maximum absolute atomic E-state index is 12.2. The highest BCUT2D eigenvalue weighted by molar-refractivity contribution is 6.31. The number of nitrogens with zero attached hydrogens (tertiary/aromatic N) is 1. The molecule has 1 aromatic heterocycles. The summed E-state index contributed by atoms with van der Waals surface area (Å²) in [7, 11) is 0. The van der Waals surface area contributed by atoms with E-state index in [2.05, 4.69) is 15.6 Å². The number of hydrogen-bond acceptors (Lipinski definition) is 3. The van der Waals surface area contributed by atoms with E-state index in [0.29, 0.717) is 17.3 Å². The third-order valence-corrected chi connectivity index (χ3v) is 4.47. The lowest BCUT2D eigenvalue weighted by molar-refractivity contribution is -0.123. The summed E-state index contributed by atoms with van der Waals surface area (Å²) in [5, 5.41) is 6.34. The van der Waals surface area contributed by atoms with Crippen LogP contribution >= 0.6 is 11.6 Å². The van der Waals surface area contributed by atoms with Crippen LogP contribution in [0.1, 0.15) is 42.9 Å². The van der Waals surface area contributed by atoms with Crippen LogP contribution in [-0.4, -0.2) is 16.8 Å². The van der Waals surface area contributed by atoms with Gasteiger partial charge in [-0.3, -0.25) is 9.59 Å². The molecule has 1 aliphatic heterocycles. The molecular formula is C18H18ClN3O2. The monoisotopic (exact) mass is 343 g/mol. The molecule has 2 heterocycles. The van der Waals surface area contributed by atoms with E-state index < -0.39 is 0 Å². The Labute approximate surface area is 145 Å². The predicted octanol–water partition coefficient (Wildman–Crippen LogP) is 3.43. The molecule has 0 radical (unpaired) electrons. The van der Waals surface area contributed by atoms with Gasteiger partial charge in [-0.1, -0.05) is 29.8 Å². The van der Waals surface area contributed by atoms with Crippen molar-refractivity contribution in [3.05, 3.63) is 58.7 Å². The van der Waals surface area contributed by atoms with E-state index in [-0.39, 0.29) is 23.8 Å². The third-order valence-electron chi connectivity index (χ3n) is 4.13. The quantitative estimate of drug-likeness (QED) is 0.896. The van der Waals surface area contributed by atoms with Crippen molar-refractivity contribution < 1.29 is 9.59 Å². The molecule has 1 saturated heterocycles. The zero-order valence-corrected chi connectivity index (χ0v) is 14.0. The first-order valence-electron chi connectivity index (χ1n) is 7.80. The van der Waals surface area contributed by atoms with E-state index in [9.17, 15) is 9.59 Å². The van der Waals surface area contributed by atoms with Gasteiger partial charge in [0.05, 0.1) is 6.04 Å². The van der Waals surface area contributed by atoms with Crippen LogP contribution in [0, 0.1) is 0 Å². The second-order valence-corrected chi connectivity index (χ2v) is 6.34. The van der Waals surface area contributed by atoms with Gasteiger partial charge in [-0.2, -0.15) is 0 Å². The number of piperidine rings is 1. The highest BCUT2D eigenvalue weighted by Crippen LogP contribution is 2.37. The number of hydrogen-bond donors (Lipinski definition) is 2. The van der Waals surface area contributed by atoms with Gasteiger partial charge >= 0.3 is 0 Å². The summed E-state index contributed by atoms with van der Waals surface area (Å²) in [5.41, 5.74) is 1.91. The van der Waals surface area contributed by atoms with Gasteiger partial charge in [-0.15, -0.1) is 0 Å². The van der Waals surface area contributed by atoms with Gasteiger partial charge in [0.15, 0.2) is 0 Å².